The Bertz CT molecular complexity index is 377. The lowest BCUT2D eigenvalue weighted by atomic mass is 10.1. The number of nitrogen functional groups attached to an aromatic ring is 1. The first-order valence-electron chi connectivity index (χ1n) is 4.12. The summed E-state index contributed by atoms with van der Waals surface area (Å²) >= 11 is 3.10. The van der Waals surface area contributed by atoms with Gasteiger partial charge in [-0.05, 0) is 27.9 Å². The van der Waals surface area contributed by atoms with Gasteiger partial charge in [0.1, 0.15) is 5.82 Å². The van der Waals surface area contributed by atoms with E-state index >= 15 is 0 Å². The molecule has 0 aromatic carbocycles. The molecular formula is C9H11BrN2O2. The van der Waals surface area contributed by atoms with Crippen molar-refractivity contribution in [1.82, 2.24) is 4.98 Å². The van der Waals surface area contributed by atoms with E-state index in [1.165, 1.54) is 6.07 Å². The summed E-state index contributed by atoms with van der Waals surface area (Å²) in [6.45, 7) is 3.86. The minimum Gasteiger partial charge on any atom is -0.478 e. The van der Waals surface area contributed by atoms with Crippen LogP contribution in [0, 0.1) is 0 Å². The van der Waals surface area contributed by atoms with Gasteiger partial charge >= 0.3 is 5.97 Å². The molecule has 0 aliphatic rings. The number of aromatic carboxylic acids is 1. The van der Waals surface area contributed by atoms with E-state index in [0.29, 0.717) is 10.2 Å². The number of carboxylic acid groups (broad SMARTS) is 1. The molecule has 0 saturated heterocycles. The van der Waals surface area contributed by atoms with Gasteiger partial charge in [0.2, 0.25) is 0 Å². The first kappa shape index (κ1) is 11.0. The summed E-state index contributed by atoms with van der Waals surface area (Å²) in [5.41, 5.74) is 6.41. The average Bonchev–Trinajstić information content (AvgIpc) is 2.08. The van der Waals surface area contributed by atoms with Crippen molar-refractivity contribution < 1.29 is 9.90 Å². The van der Waals surface area contributed by atoms with Crippen LogP contribution in [-0.4, -0.2) is 16.1 Å². The molecule has 3 N–H and O–H groups in total. The zero-order valence-corrected chi connectivity index (χ0v) is 9.50. The van der Waals surface area contributed by atoms with Crippen LogP contribution < -0.4 is 5.73 Å². The Labute approximate surface area is 90.3 Å². The van der Waals surface area contributed by atoms with Gasteiger partial charge in [0.15, 0.2) is 0 Å². The van der Waals surface area contributed by atoms with Gasteiger partial charge in [0.05, 0.1) is 10.0 Å². The second kappa shape index (κ2) is 3.96. The van der Waals surface area contributed by atoms with Gasteiger partial charge in [-0.3, -0.25) is 0 Å². The van der Waals surface area contributed by atoms with Crippen molar-refractivity contribution in [3.05, 3.63) is 21.8 Å². The first-order chi connectivity index (χ1) is 6.43. The van der Waals surface area contributed by atoms with E-state index in [-0.39, 0.29) is 17.3 Å². The molecule has 0 amide bonds. The van der Waals surface area contributed by atoms with E-state index in [9.17, 15) is 4.79 Å². The van der Waals surface area contributed by atoms with Crippen molar-refractivity contribution in [3.8, 4) is 0 Å². The van der Waals surface area contributed by atoms with Crippen LogP contribution >= 0.6 is 15.9 Å². The largest absolute Gasteiger partial charge is 0.478 e. The molecule has 14 heavy (non-hydrogen) atoms. The molecule has 0 fully saturated rings. The van der Waals surface area contributed by atoms with Crippen molar-refractivity contribution in [3.63, 3.8) is 0 Å². The topological polar surface area (TPSA) is 76.2 Å². The molecule has 4 nitrogen and oxygen atoms in total. The third kappa shape index (κ3) is 2.04. The molecule has 0 atom stereocenters. The second-order valence-electron chi connectivity index (χ2n) is 3.25. The molecular weight excluding hydrogens is 248 g/mol. The van der Waals surface area contributed by atoms with Gasteiger partial charge in [-0.15, -0.1) is 0 Å². The molecule has 1 heterocycles. The minimum atomic E-state index is -1.01. The van der Waals surface area contributed by atoms with Crippen molar-refractivity contribution in [1.29, 1.82) is 0 Å². The molecule has 0 aliphatic carbocycles. The summed E-state index contributed by atoms with van der Waals surface area (Å²) in [4.78, 5) is 14.9. The monoisotopic (exact) mass is 258 g/mol. The molecule has 76 valence electrons. The molecule has 0 bridgehead atoms. The number of pyridine rings is 1. The molecule has 1 rings (SSSR count). The summed E-state index contributed by atoms with van der Waals surface area (Å²) in [6.07, 6.45) is 0. The Balaban J connectivity index is 3.35. The van der Waals surface area contributed by atoms with E-state index < -0.39 is 5.97 Å². The van der Waals surface area contributed by atoms with E-state index in [4.69, 9.17) is 10.8 Å². The molecule has 1 aromatic heterocycles. The van der Waals surface area contributed by atoms with E-state index in [1.54, 1.807) is 0 Å². The molecule has 1 aromatic rings. The molecule has 5 heteroatoms. The first-order valence-corrected chi connectivity index (χ1v) is 4.92. The van der Waals surface area contributed by atoms with E-state index in [0.717, 1.165) is 0 Å². The lowest BCUT2D eigenvalue weighted by Gasteiger charge is -2.09. The normalized spacial score (nSPS) is 10.6. The van der Waals surface area contributed by atoms with Gasteiger partial charge in [-0.1, -0.05) is 13.8 Å². The number of aromatic nitrogens is 1. The zero-order chi connectivity index (χ0) is 10.9. The Kier molecular flexibility index (Phi) is 3.10. The highest BCUT2D eigenvalue weighted by atomic mass is 79.9. The number of nitrogens with zero attached hydrogens (tertiary/aromatic N) is 1. The van der Waals surface area contributed by atoms with E-state index in [2.05, 4.69) is 20.9 Å². The number of nitrogens with two attached hydrogens (primary N) is 1. The number of halogens is 1. The third-order valence-corrected chi connectivity index (χ3v) is 2.66. The van der Waals surface area contributed by atoms with Crippen LogP contribution in [0.4, 0.5) is 5.82 Å². The smallest absolute Gasteiger partial charge is 0.337 e. The predicted molar refractivity (Wildman–Crippen MR) is 57.4 cm³/mol. The maximum atomic E-state index is 10.8. The fourth-order valence-electron chi connectivity index (χ4n) is 1.02. The van der Waals surface area contributed by atoms with Gasteiger partial charge in [0, 0.05) is 5.69 Å². The second-order valence-corrected chi connectivity index (χ2v) is 4.05. The summed E-state index contributed by atoms with van der Waals surface area (Å²) in [5.74, 6) is -0.634. The van der Waals surface area contributed by atoms with Crippen LogP contribution in [-0.2, 0) is 0 Å². The lowest BCUT2D eigenvalue weighted by Crippen LogP contribution is -2.06. The van der Waals surface area contributed by atoms with Crippen LogP contribution in [0.2, 0.25) is 0 Å². The summed E-state index contributed by atoms with van der Waals surface area (Å²) in [7, 11) is 0. The molecule has 0 aliphatic heterocycles. The summed E-state index contributed by atoms with van der Waals surface area (Å²) < 4.78 is 0.342. The number of carbonyl (C=O) groups is 1. The van der Waals surface area contributed by atoms with Crippen LogP contribution in [0.3, 0.4) is 0 Å². The van der Waals surface area contributed by atoms with E-state index in [1.807, 2.05) is 13.8 Å². The Morgan fingerprint density at radius 2 is 2.21 bits per heavy atom. The SMILES string of the molecule is CC(C)c1cc(C(=O)O)c(Br)c(N)n1. The van der Waals surface area contributed by atoms with Crippen LogP contribution in [0.1, 0.15) is 35.8 Å². The Morgan fingerprint density at radius 3 is 2.64 bits per heavy atom. The maximum Gasteiger partial charge on any atom is 0.337 e. The number of anilines is 1. The van der Waals surface area contributed by atoms with Crippen LogP contribution in [0.5, 0.6) is 0 Å². The Morgan fingerprint density at radius 1 is 1.64 bits per heavy atom. The van der Waals surface area contributed by atoms with Gasteiger partial charge < -0.3 is 10.8 Å². The van der Waals surface area contributed by atoms with Gasteiger partial charge in [-0.25, -0.2) is 9.78 Å². The third-order valence-electron chi connectivity index (χ3n) is 1.83. The highest BCUT2D eigenvalue weighted by molar-refractivity contribution is 9.10. The molecule has 0 saturated carbocycles. The maximum absolute atomic E-state index is 10.8. The summed E-state index contributed by atoms with van der Waals surface area (Å²) in [6, 6.07) is 1.54. The van der Waals surface area contributed by atoms with Crippen molar-refractivity contribution in [2.45, 2.75) is 19.8 Å². The molecule has 0 radical (unpaired) electrons. The van der Waals surface area contributed by atoms with Crippen molar-refractivity contribution in [2.75, 3.05) is 5.73 Å². The van der Waals surface area contributed by atoms with Crippen LogP contribution in [0.15, 0.2) is 10.5 Å². The summed E-state index contributed by atoms with van der Waals surface area (Å²) in [5, 5.41) is 8.88. The predicted octanol–water partition coefficient (Wildman–Crippen LogP) is 2.25. The standard InChI is InChI=1S/C9H11BrN2O2/c1-4(2)6-3-5(9(13)14)7(10)8(11)12-6/h3-4H,1-2H3,(H2,11,12)(H,13,14). The fourth-order valence-corrected chi connectivity index (χ4v) is 1.39. The zero-order valence-electron chi connectivity index (χ0n) is 7.91. The highest BCUT2D eigenvalue weighted by Crippen LogP contribution is 2.26. The number of hydrogen-bond acceptors (Lipinski definition) is 3. The van der Waals surface area contributed by atoms with Crippen molar-refractivity contribution >= 4 is 27.7 Å². The quantitative estimate of drug-likeness (QED) is 0.853. The lowest BCUT2D eigenvalue weighted by molar-refractivity contribution is 0.0695. The molecule has 0 spiro atoms. The average molecular weight is 259 g/mol. The fraction of sp³-hybridized carbons (Fsp3) is 0.333. The number of carboxylic acids is 1. The van der Waals surface area contributed by atoms with Crippen molar-refractivity contribution in [2.24, 2.45) is 0 Å². The molecule has 0 unspecified atom stereocenters. The highest BCUT2D eigenvalue weighted by Gasteiger charge is 2.15. The van der Waals surface area contributed by atoms with Gasteiger partial charge in [0.25, 0.3) is 0 Å². The van der Waals surface area contributed by atoms with Gasteiger partial charge in [-0.2, -0.15) is 0 Å². The Hall–Kier alpha value is -1.10. The minimum absolute atomic E-state index is 0.154. The number of hydrogen-bond donors (Lipinski definition) is 2. The van der Waals surface area contributed by atoms with Crippen LogP contribution in [0.25, 0.3) is 0 Å². The number of rotatable bonds is 2.